The summed E-state index contributed by atoms with van der Waals surface area (Å²) in [4.78, 5) is 0. The zero-order valence-corrected chi connectivity index (χ0v) is 8.60. The summed E-state index contributed by atoms with van der Waals surface area (Å²) in [6.45, 7) is 3.96. The Balaban J connectivity index is 3.08. The predicted molar refractivity (Wildman–Crippen MR) is 51.5 cm³/mol. The molecule has 0 fully saturated rings. The van der Waals surface area contributed by atoms with Crippen LogP contribution in [0.3, 0.4) is 0 Å². The van der Waals surface area contributed by atoms with Gasteiger partial charge in [0.25, 0.3) is 0 Å². The van der Waals surface area contributed by atoms with Gasteiger partial charge in [-0.3, -0.25) is 0 Å². The molecule has 0 aliphatic heterocycles. The molecule has 0 atom stereocenters. The van der Waals surface area contributed by atoms with Crippen molar-refractivity contribution in [3.8, 4) is 5.75 Å². The van der Waals surface area contributed by atoms with Gasteiger partial charge in [0, 0.05) is 0 Å². The van der Waals surface area contributed by atoms with Gasteiger partial charge in [-0.25, -0.2) is 8.78 Å². The molecule has 3 heteroatoms. The van der Waals surface area contributed by atoms with E-state index in [1.807, 2.05) is 13.8 Å². The summed E-state index contributed by atoms with van der Waals surface area (Å²) in [5.74, 6) is -1.19. The van der Waals surface area contributed by atoms with Crippen molar-refractivity contribution in [1.29, 1.82) is 0 Å². The van der Waals surface area contributed by atoms with Gasteiger partial charge in [0.2, 0.25) is 0 Å². The third kappa shape index (κ3) is 2.22. The SMILES string of the molecule is COc1c(F)ccc(CC(C)C)c1F. The van der Waals surface area contributed by atoms with Crippen LogP contribution < -0.4 is 4.74 Å². The first-order valence-electron chi connectivity index (χ1n) is 4.57. The Morgan fingerprint density at radius 2 is 1.93 bits per heavy atom. The van der Waals surface area contributed by atoms with Crippen LogP contribution >= 0.6 is 0 Å². The van der Waals surface area contributed by atoms with Crippen LogP contribution in [-0.2, 0) is 6.42 Å². The second kappa shape index (κ2) is 4.40. The molecule has 78 valence electrons. The highest BCUT2D eigenvalue weighted by molar-refractivity contribution is 5.32. The maximum Gasteiger partial charge on any atom is 0.190 e. The highest BCUT2D eigenvalue weighted by atomic mass is 19.1. The van der Waals surface area contributed by atoms with Crippen LogP contribution in [0.25, 0.3) is 0 Å². The Morgan fingerprint density at radius 1 is 1.29 bits per heavy atom. The summed E-state index contributed by atoms with van der Waals surface area (Å²) < 4.78 is 31.2. The van der Waals surface area contributed by atoms with Crippen molar-refractivity contribution in [3.63, 3.8) is 0 Å². The Kier molecular flexibility index (Phi) is 3.44. The lowest BCUT2D eigenvalue weighted by atomic mass is 10.0. The van der Waals surface area contributed by atoms with Gasteiger partial charge >= 0.3 is 0 Å². The minimum atomic E-state index is -0.655. The van der Waals surface area contributed by atoms with Crippen LogP contribution in [0.4, 0.5) is 8.78 Å². The number of rotatable bonds is 3. The lowest BCUT2D eigenvalue weighted by Gasteiger charge is -2.09. The standard InChI is InChI=1S/C11H14F2O/c1-7(2)6-8-4-5-9(12)11(14-3)10(8)13/h4-5,7H,6H2,1-3H3. The lowest BCUT2D eigenvalue weighted by molar-refractivity contribution is 0.356. The zero-order valence-electron chi connectivity index (χ0n) is 8.60. The normalized spacial score (nSPS) is 10.7. The molecule has 0 aliphatic rings. The molecule has 1 nitrogen and oxygen atoms in total. The van der Waals surface area contributed by atoms with Crippen molar-refractivity contribution in [2.45, 2.75) is 20.3 Å². The molecule has 0 unspecified atom stereocenters. The number of ether oxygens (including phenoxy) is 1. The number of hydrogen-bond donors (Lipinski definition) is 0. The first kappa shape index (κ1) is 11.0. The maximum absolute atomic E-state index is 13.5. The van der Waals surface area contributed by atoms with E-state index >= 15 is 0 Å². The minimum absolute atomic E-state index is 0.289. The molecule has 0 amide bonds. The van der Waals surface area contributed by atoms with E-state index in [9.17, 15) is 8.78 Å². The number of methoxy groups -OCH3 is 1. The van der Waals surface area contributed by atoms with Gasteiger partial charge in [-0.2, -0.15) is 0 Å². The Hall–Kier alpha value is -1.12. The average Bonchev–Trinajstić information content (AvgIpc) is 2.10. The highest BCUT2D eigenvalue weighted by Crippen LogP contribution is 2.25. The maximum atomic E-state index is 13.5. The fraction of sp³-hybridized carbons (Fsp3) is 0.455. The molecule has 0 aliphatic carbocycles. The van der Waals surface area contributed by atoms with Crippen LogP contribution in [0.5, 0.6) is 5.75 Å². The van der Waals surface area contributed by atoms with Crippen LogP contribution in [0, 0.1) is 17.6 Å². The van der Waals surface area contributed by atoms with Crippen molar-refractivity contribution < 1.29 is 13.5 Å². The highest BCUT2D eigenvalue weighted by Gasteiger charge is 2.14. The summed E-state index contributed by atoms with van der Waals surface area (Å²) in [7, 11) is 1.26. The van der Waals surface area contributed by atoms with Gasteiger partial charge in [-0.15, -0.1) is 0 Å². The number of benzene rings is 1. The molecular formula is C11H14F2O. The molecule has 0 radical (unpaired) electrons. The summed E-state index contributed by atoms with van der Waals surface area (Å²) in [6.07, 6.45) is 0.586. The number of hydrogen-bond acceptors (Lipinski definition) is 1. The second-order valence-electron chi connectivity index (χ2n) is 3.65. The van der Waals surface area contributed by atoms with Gasteiger partial charge in [0.15, 0.2) is 17.4 Å². The summed E-state index contributed by atoms with van der Waals surface area (Å²) in [6, 6.07) is 2.70. The molecule has 0 heterocycles. The van der Waals surface area contributed by atoms with Gasteiger partial charge in [-0.05, 0) is 24.0 Å². The van der Waals surface area contributed by atoms with Crippen molar-refractivity contribution >= 4 is 0 Å². The van der Waals surface area contributed by atoms with Gasteiger partial charge in [-0.1, -0.05) is 19.9 Å². The molecule has 1 aromatic rings. The van der Waals surface area contributed by atoms with E-state index in [0.29, 0.717) is 17.9 Å². The van der Waals surface area contributed by atoms with Crippen molar-refractivity contribution in [3.05, 3.63) is 29.3 Å². The van der Waals surface area contributed by atoms with Crippen LogP contribution in [-0.4, -0.2) is 7.11 Å². The Morgan fingerprint density at radius 3 is 2.43 bits per heavy atom. The van der Waals surface area contributed by atoms with E-state index in [2.05, 4.69) is 4.74 Å². The van der Waals surface area contributed by atoms with Crippen molar-refractivity contribution in [1.82, 2.24) is 0 Å². The van der Waals surface area contributed by atoms with Gasteiger partial charge in [0.1, 0.15) is 0 Å². The second-order valence-corrected chi connectivity index (χ2v) is 3.65. The molecule has 0 N–H and O–H groups in total. The van der Waals surface area contributed by atoms with E-state index in [4.69, 9.17) is 0 Å². The minimum Gasteiger partial charge on any atom is -0.491 e. The van der Waals surface area contributed by atoms with E-state index in [0.717, 1.165) is 0 Å². The van der Waals surface area contributed by atoms with Crippen LogP contribution in [0.1, 0.15) is 19.4 Å². The topological polar surface area (TPSA) is 9.23 Å². The summed E-state index contributed by atoms with van der Waals surface area (Å²) in [5.41, 5.74) is 0.498. The molecule has 0 spiro atoms. The largest absolute Gasteiger partial charge is 0.491 e. The third-order valence-corrected chi connectivity index (χ3v) is 1.96. The molecule has 0 saturated carbocycles. The summed E-state index contributed by atoms with van der Waals surface area (Å²) >= 11 is 0. The predicted octanol–water partition coefficient (Wildman–Crippen LogP) is 3.17. The summed E-state index contributed by atoms with van der Waals surface area (Å²) in [5, 5.41) is 0. The first-order chi connectivity index (χ1) is 6.56. The van der Waals surface area contributed by atoms with Crippen LogP contribution in [0.2, 0.25) is 0 Å². The lowest BCUT2D eigenvalue weighted by Crippen LogP contribution is -2.01. The molecular weight excluding hydrogens is 186 g/mol. The molecule has 0 bridgehead atoms. The molecule has 0 saturated heterocycles. The molecule has 1 rings (SSSR count). The van der Waals surface area contributed by atoms with Crippen molar-refractivity contribution in [2.24, 2.45) is 5.92 Å². The van der Waals surface area contributed by atoms with E-state index in [1.54, 1.807) is 0 Å². The fourth-order valence-electron chi connectivity index (χ4n) is 1.36. The van der Waals surface area contributed by atoms with E-state index < -0.39 is 11.6 Å². The first-order valence-corrected chi connectivity index (χ1v) is 4.57. The Bertz CT molecular complexity index is 321. The zero-order chi connectivity index (χ0) is 10.7. The van der Waals surface area contributed by atoms with Crippen molar-refractivity contribution in [2.75, 3.05) is 7.11 Å². The smallest absolute Gasteiger partial charge is 0.190 e. The van der Waals surface area contributed by atoms with E-state index in [1.165, 1.54) is 19.2 Å². The molecule has 1 aromatic carbocycles. The van der Waals surface area contributed by atoms with Gasteiger partial charge in [0.05, 0.1) is 7.11 Å². The van der Waals surface area contributed by atoms with Gasteiger partial charge < -0.3 is 4.74 Å². The van der Waals surface area contributed by atoms with E-state index in [-0.39, 0.29) is 5.75 Å². The molecule has 0 aromatic heterocycles. The number of halogens is 2. The van der Waals surface area contributed by atoms with Crippen LogP contribution in [0.15, 0.2) is 12.1 Å². The monoisotopic (exact) mass is 200 g/mol. The fourth-order valence-corrected chi connectivity index (χ4v) is 1.36. The Labute approximate surface area is 82.7 Å². The third-order valence-electron chi connectivity index (χ3n) is 1.96. The quantitative estimate of drug-likeness (QED) is 0.728. The molecule has 14 heavy (non-hydrogen) atoms. The average molecular weight is 200 g/mol.